The fraction of sp³-hybridized carbons (Fsp3) is 0.385. The molecule has 0 radical (unpaired) electrons. The van der Waals surface area contributed by atoms with Gasteiger partial charge in [0.25, 0.3) is 5.91 Å². The summed E-state index contributed by atoms with van der Waals surface area (Å²) < 4.78 is 0. The fourth-order valence-corrected chi connectivity index (χ4v) is 4.97. The van der Waals surface area contributed by atoms with Crippen LogP contribution in [0.25, 0.3) is 0 Å². The van der Waals surface area contributed by atoms with Crippen molar-refractivity contribution in [1.29, 1.82) is 0 Å². The van der Waals surface area contributed by atoms with Gasteiger partial charge in [-0.15, -0.1) is 0 Å². The number of amides is 6. The van der Waals surface area contributed by atoms with E-state index < -0.39 is 17.5 Å². The summed E-state index contributed by atoms with van der Waals surface area (Å²) in [4.78, 5) is 54.2. The molecule has 3 aliphatic rings. The van der Waals surface area contributed by atoms with Crippen LogP contribution in [0.15, 0.2) is 48.5 Å². The SMILES string of the molecule is CNC(=O)Nc1ccc2c(c1)CC[C@]21NC(=O)N(CC(=O)N(Cc2ccccc2)CC2CC2)C1=O. The second-order valence-corrected chi connectivity index (χ2v) is 9.51. The number of carbonyl (C=O) groups excluding carboxylic acids is 4. The molecule has 6 amide bonds. The predicted molar refractivity (Wildman–Crippen MR) is 129 cm³/mol. The lowest BCUT2D eigenvalue weighted by molar-refractivity contribution is -0.139. The summed E-state index contributed by atoms with van der Waals surface area (Å²) in [6.45, 7) is 0.805. The molecule has 1 spiro atoms. The maximum Gasteiger partial charge on any atom is 0.325 e. The largest absolute Gasteiger partial charge is 0.341 e. The number of hydrogen-bond acceptors (Lipinski definition) is 4. The molecule has 1 atom stereocenters. The van der Waals surface area contributed by atoms with E-state index in [1.165, 1.54) is 7.05 Å². The maximum absolute atomic E-state index is 13.6. The Bertz CT molecular complexity index is 1180. The van der Waals surface area contributed by atoms with E-state index in [2.05, 4.69) is 16.0 Å². The molecule has 1 saturated carbocycles. The monoisotopic (exact) mass is 475 g/mol. The van der Waals surface area contributed by atoms with Gasteiger partial charge < -0.3 is 20.9 Å². The van der Waals surface area contributed by atoms with Crippen molar-refractivity contribution in [3.8, 4) is 0 Å². The zero-order valence-corrected chi connectivity index (χ0v) is 19.7. The summed E-state index contributed by atoms with van der Waals surface area (Å²) in [6, 6.07) is 14.2. The molecular formula is C26H29N5O4. The summed E-state index contributed by atoms with van der Waals surface area (Å²) >= 11 is 0. The first-order valence-corrected chi connectivity index (χ1v) is 12.0. The Morgan fingerprint density at radius 3 is 2.63 bits per heavy atom. The summed E-state index contributed by atoms with van der Waals surface area (Å²) in [7, 11) is 1.53. The molecule has 2 aromatic rings. The van der Waals surface area contributed by atoms with E-state index >= 15 is 0 Å². The van der Waals surface area contributed by atoms with Gasteiger partial charge in [-0.2, -0.15) is 0 Å². The number of imide groups is 1. The second kappa shape index (κ2) is 9.05. The van der Waals surface area contributed by atoms with Crippen molar-refractivity contribution in [3.05, 3.63) is 65.2 Å². The molecule has 1 saturated heterocycles. The summed E-state index contributed by atoms with van der Waals surface area (Å²) in [5.41, 5.74) is 2.06. The number of carbonyl (C=O) groups is 4. The first-order valence-electron chi connectivity index (χ1n) is 12.0. The van der Waals surface area contributed by atoms with Crippen LogP contribution in [0.3, 0.4) is 0 Å². The van der Waals surface area contributed by atoms with Crippen molar-refractivity contribution >= 4 is 29.6 Å². The van der Waals surface area contributed by atoms with Crippen LogP contribution in [0.1, 0.15) is 36.0 Å². The summed E-state index contributed by atoms with van der Waals surface area (Å²) in [6.07, 6.45) is 3.18. The zero-order chi connectivity index (χ0) is 24.6. The Balaban J connectivity index is 1.32. The van der Waals surface area contributed by atoms with E-state index in [1.807, 2.05) is 36.4 Å². The van der Waals surface area contributed by atoms with Crippen molar-refractivity contribution in [2.24, 2.45) is 5.92 Å². The van der Waals surface area contributed by atoms with Gasteiger partial charge in [-0.25, -0.2) is 9.59 Å². The number of aryl methyl sites for hydroxylation is 1. The highest BCUT2D eigenvalue weighted by Gasteiger charge is 2.55. The Labute approximate surface area is 203 Å². The number of fused-ring (bicyclic) bond motifs is 2. The minimum atomic E-state index is -1.17. The highest BCUT2D eigenvalue weighted by atomic mass is 16.2. The number of urea groups is 2. The molecule has 35 heavy (non-hydrogen) atoms. The zero-order valence-electron chi connectivity index (χ0n) is 19.7. The normalized spacial score (nSPS) is 20.5. The number of anilines is 1. The van der Waals surface area contributed by atoms with Crippen LogP contribution in [0.5, 0.6) is 0 Å². The van der Waals surface area contributed by atoms with Gasteiger partial charge in [-0.3, -0.25) is 14.5 Å². The molecule has 3 N–H and O–H groups in total. The Morgan fingerprint density at radius 2 is 1.91 bits per heavy atom. The lowest BCUT2D eigenvalue weighted by Gasteiger charge is -2.26. The highest BCUT2D eigenvalue weighted by molar-refractivity contribution is 6.10. The van der Waals surface area contributed by atoms with Crippen LogP contribution in [-0.4, -0.2) is 53.8 Å². The van der Waals surface area contributed by atoms with Crippen molar-refractivity contribution in [3.63, 3.8) is 0 Å². The van der Waals surface area contributed by atoms with E-state index in [9.17, 15) is 19.2 Å². The highest BCUT2D eigenvalue weighted by Crippen LogP contribution is 2.42. The van der Waals surface area contributed by atoms with Gasteiger partial charge in [0.15, 0.2) is 0 Å². The molecule has 9 nitrogen and oxygen atoms in total. The molecule has 182 valence electrons. The van der Waals surface area contributed by atoms with Crippen molar-refractivity contribution in [1.82, 2.24) is 20.4 Å². The average Bonchev–Trinajstić information content (AvgIpc) is 3.56. The van der Waals surface area contributed by atoms with Gasteiger partial charge in [0.1, 0.15) is 12.1 Å². The van der Waals surface area contributed by atoms with Crippen LogP contribution in [-0.2, 0) is 28.1 Å². The van der Waals surface area contributed by atoms with Crippen LogP contribution >= 0.6 is 0 Å². The molecule has 1 heterocycles. The van der Waals surface area contributed by atoms with E-state index in [4.69, 9.17) is 0 Å². The number of hydrogen-bond donors (Lipinski definition) is 3. The third-order valence-corrected chi connectivity index (χ3v) is 7.03. The smallest absolute Gasteiger partial charge is 0.325 e. The van der Waals surface area contributed by atoms with Crippen LogP contribution in [0.2, 0.25) is 0 Å². The third kappa shape index (κ3) is 4.45. The molecule has 0 bridgehead atoms. The molecule has 2 aliphatic carbocycles. The predicted octanol–water partition coefficient (Wildman–Crippen LogP) is 2.57. The Kier molecular flexibility index (Phi) is 5.92. The first-order chi connectivity index (χ1) is 16.9. The van der Waals surface area contributed by atoms with E-state index in [-0.39, 0.29) is 18.5 Å². The fourth-order valence-electron chi connectivity index (χ4n) is 4.97. The topological polar surface area (TPSA) is 111 Å². The molecule has 0 aromatic heterocycles. The summed E-state index contributed by atoms with van der Waals surface area (Å²) in [5.74, 6) is -0.145. The average molecular weight is 476 g/mol. The Morgan fingerprint density at radius 1 is 1.14 bits per heavy atom. The van der Waals surface area contributed by atoms with Gasteiger partial charge in [0.2, 0.25) is 5.91 Å². The minimum absolute atomic E-state index is 0.232. The Hall–Kier alpha value is -3.88. The van der Waals surface area contributed by atoms with Gasteiger partial charge in [-0.05, 0) is 60.4 Å². The minimum Gasteiger partial charge on any atom is -0.341 e. The van der Waals surface area contributed by atoms with E-state index in [0.29, 0.717) is 43.1 Å². The maximum atomic E-state index is 13.6. The van der Waals surface area contributed by atoms with Crippen LogP contribution in [0.4, 0.5) is 15.3 Å². The van der Waals surface area contributed by atoms with E-state index in [0.717, 1.165) is 28.9 Å². The lowest BCUT2D eigenvalue weighted by Crippen LogP contribution is -2.45. The molecule has 0 unspecified atom stereocenters. The standard InChI is InChI=1S/C26H29N5O4/c1-27-24(34)28-20-9-10-21-19(13-20)11-12-26(21)23(33)31(25(35)29-26)16-22(32)30(15-18-7-8-18)14-17-5-3-2-4-6-17/h2-6,9-10,13,18H,7-8,11-12,14-16H2,1H3,(H,29,35)(H2,27,28,34)/t26-/m0/s1. The van der Waals surface area contributed by atoms with Crippen molar-refractivity contribution in [2.45, 2.75) is 37.8 Å². The molecule has 9 heteroatoms. The van der Waals surface area contributed by atoms with Gasteiger partial charge in [0, 0.05) is 25.8 Å². The number of rotatable bonds is 7. The van der Waals surface area contributed by atoms with Gasteiger partial charge >= 0.3 is 12.1 Å². The third-order valence-electron chi connectivity index (χ3n) is 7.03. The van der Waals surface area contributed by atoms with Crippen molar-refractivity contribution < 1.29 is 19.2 Å². The van der Waals surface area contributed by atoms with Crippen molar-refractivity contribution in [2.75, 3.05) is 25.5 Å². The number of benzene rings is 2. The molecule has 2 fully saturated rings. The van der Waals surface area contributed by atoms with Crippen LogP contribution in [0, 0.1) is 5.92 Å². The quantitative estimate of drug-likeness (QED) is 0.535. The van der Waals surface area contributed by atoms with Gasteiger partial charge in [0.05, 0.1) is 0 Å². The molecule has 2 aromatic carbocycles. The van der Waals surface area contributed by atoms with Crippen LogP contribution < -0.4 is 16.0 Å². The van der Waals surface area contributed by atoms with Gasteiger partial charge in [-0.1, -0.05) is 36.4 Å². The first kappa shape index (κ1) is 22.9. The molecule has 5 rings (SSSR count). The second-order valence-electron chi connectivity index (χ2n) is 9.51. The molecule has 1 aliphatic heterocycles. The number of nitrogens with zero attached hydrogens (tertiary/aromatic N) is 2. The number of nitrogens with one attached hydrogen (secondary N) is 3. The molecular weight excluding hydrogens is 446 g/mol. The lowest BCUT2D eigenvalue weighted by atomic mass is 9.91. The van der Waals surface area contributed by atoms with E-state index in [1.54, 1.807) is 17.0 Å². The summed E-state index contributed by atoms with van der Waals surface area (Å²) in [5, 5.41) is 8.10.